The number of aromatic nitrogens is 1. The second-order valence-corrected chi connectivity index (χ2v) is 4.78. The van der Waals surface area contributed by atoms with E-state index in [0.717, 1.165) is 25.9 Å². The van der Waals surface area contributed by atoms with Crippen LogP contribution in [0.3, 0.4) is 0 Å². The molecule has 1 aromatic carbocycles. The van der Waals surface area contributed by atoms with Gasteiger partial charge < -0.3 is 5.32 Å². The summed E-state index contributed by atoms with van der Waals surface area (Å²) in [5.74, 6) is 0.558. The van der Waals surface area contributed by atoms with Gasteiger partial charge in [0.2, 0.25) is 0 Å². The highest BCUT2D eigenvalue weighted by molar-refractivity contribution is 5.20. The van der Waals surface area contributed by atoms with Crippen molar-refractivity contribution in [3.05, 3.63) is 66.0 Å². The molecule has 0 radical (unpaired) electrons. The highest BCUT2D eigenvalue weighted by atomic mass is 14.8. The molecule has 2 heteroatoms. The Bertz CT molecular complexity index is 453. The number of pyridine rings is 1. The minimum Gasteiger partial charge on any atom is -0.316 e. The van der Waals surface area contributed by atoms with E-state index in [1.54, 1.807) is 0 Å². The van der Waals surface area contributed by atoms with Crippen molar-refractivity contribution in [2.75, 3.05) is 13.1 Å². The van der Waals surface area contributed by atoms with Gasteiger partial charge in [-0.25, -0.2) is 0 Å². The molecule has 0 fully saturated rings. The monoisotopic (exact) mass is 254 g/mol. The molecule has 1 unspecified atom stereocenters. The molecular weight excluding hydrogens is 232 g/mol. The lowest BCUT2D eigenvalue weighted by atomic mass is 9.93. The number of benzene rings is 1. The Balaban J connectivity index is 1.98. The van der Waals surface area contributed by atoms with Crippen molar-refractivity contribution in [1.82, 2.24) is 10.3 Å². The molecule has 1 aromatic heterocycles. The summed E-state index contributed by atoms with van der Waals surface area (Å²) in [4.78, 5) is 4.40. The average Bonchev–Trinajstić information content (AvgIpc) is 2.49. The van der Waals surface area contributed by atoms with E-state index in [4.69, 9.17) is 0 Å². The van der Waals surface area contributed by atoms with Crippen molar-refractivity contribution < 1.29 is 0 Å². The zero-order chi connectivity index (χ0) is 13.3. The van der Waals surface area contributed by atoms with E-state index in [0.29, 0.717) is 5.92 Å². The third-order valence-corrected chi connectivity index (χ3v) is 3.39. The fourth-order valence-electron chi connectivity index (χ4n) is 2.30. The molecule has 2 nitrogen and oxygen atoms in total. The number of nitrogens with one attached hydrogen (secondary N) is 1. The maximum absolute atomic E-state index is 4.40. The third kappa shape index (κ3) is 4.49. The van der Waals surface area contributed by atoms with Gasteiger partial charge in [0.1, 0.15) is 0 Å². The minimum absolute atomic E-state index is 0.558. The smallest absolute Gasteiger partial charge is 0.0403 e. The van der Waals surface area contributed by atoms with Crippen LogP contribution in [0.1, 0.15) is 30.5 Å². The quantitative estimate of drug-likeness (QED) is 0.819. The highest BCUT2D eigenvalue weighted by Gasteiger charge is 2.11. The van der Waals surface area contributed by atoms with Gasteiger partial charge in [-0.3, -0.25) is 4.98 Å². The lowest BCUT2D eigenvalue weighted by Crippen LogP contribution is -2.21. The molecule has 2 aromatic rings. The maximum Gasteiger partial charge on any atom is 0.0403 e. The van der Waals surface area contributed by atoms with Crippen LogP contribution in [0.15, 0.2) is 54.7 Å². The number of hydrogen-bond donors (Lipinski definition) is 1. The molecular formula is C17H22N2. The summed E-state index contributed by atoms with van der Waals surface area (Å²) in [6.45, 7) is 4.21. The van der Waals surface area contributed by atoms with Crippen LogP contribution in [0.5, 0.6) is 0 Å². The Morgan fingerprint density at radius 1 is 1.05 bits per heavy atom. The van der Waals surface area contributed by atoms with Gasteiger partial charge in [0.05, 0.1) is 0 Å². The molecule has 1 N–H and O–H groups in total. The van der Waals surface area contributed by atoms with E-state index in [1.807, 2.05) is 12.3 Å². The second kappa shape index (κ2) is 7.70. The van der Waals surface area contributed by atoms with E-state index in [-0.39, 0.29) is 0 Å². The molecule has 0 bridgehead atoms. The maximum atomic E-state index is 4.40. The standard InChI is InChI=1S/C17H22N2/c1-2-18-14-16(15-8-4-3-5-9-15)11-12-17-10-6-7-13-19-17/h3-10,13,16,18H,2,11-12,14H2,1H3. The lowest BCUT2D eigenvalue weighted by Gasteiger charge is -2.17. The molecule has 0 spiro atoms. The number of rotatable bonds is 7. The van der Waals surface area contributed by atoms with Gasteiger partial charge in [-0.05, 0) is 43.0 Å². The summed E-state index contributed by atoms with van der Waals surface area (Å²) in [5.41, 5.74) is 2.60. The van der Waals surface area contributed by atoms with Gasteiger partial charge in [-0.1, -0.05) is 43.3 Å². The molecule has 100 valence electrons. The topological polar surface area (TPSA) is 24.9 Å². The van der Waals surface area contributed by atoms with Gasteiger partial charge in [-0.2, -0.15) is 0 Å². The first-order chi connectivity index (χ1) is 9.40. The Labute approximate surface area is 115 Å². The summed E-state index contributed by atoms with van der Waals surface area (Å²) in [6, 6.07) is 16.9. The van der Waals surface area contributed by atoms with Crippen molar-refractivity contribution in [3.8, 4) is 0 Å². The van der Waals surface area contributed by atoms with Crippen LogP contribution < -0.4 is 5.32 Å². The summed E-state index contributed by atoms with van der Waals surface area (Å²) in [5, 5.41) is 3.46. The van der Waals surface area contributed by atoms with E-state index in [1.165, 1.54) is 11.3 Å². The average molecular weight is 254 g/mol. The number of nitrogens with zero attached hydrogens (tertiary/aromatic N) is 1. The van der Waals surface area contributed by atoms with Gasteiger partial charge in [-0.15, -0.1) is 0 Å². The van der Waals surface area contributed by atoms with Gasteiger partial charge in [0.25, 0.3) is 0 Å². The molecule has 0 aliphatic rings. The zero-order valence-electron chi connectivity index (χ0n) is 11.5. The van der Waals surface area contributed by atoms with Crippen LogP contribution >= 0.6 is 0 Å². The summed E-state index contributed by atoms with van der Waals surface area (Å²) in [6.07, 6.45) is 4.04. The lowest BCUT2D eigenvalue weighted by molar-refractivity contribution is 0.559. The molecule has 0 aliphatic carbocycles. The highest BCUT2D eigenvalue weighted by Crippen LogP contribution is 2.20. The van der Waals surface area contributed by atoms with Crippen LogP contribution in [0.2, 0.25) is 0 Å². The van der Waals surface area contributed by atoms with Crippen molar-refractivity contribution in [2.45, 2.75) is 25.7 Å². The molecule has 1 heterocycles. The Morgan fingerprint density at radius 2 is 1.84 bits per heavy atom. The van der Waals surface area contributed by atoms with Gasteiger partial charge >= 0.3 is 0 Å². The summed E-state index contributed by atoms with van der Waals surface area (Å²) >= 11 is 0. The predicted octanol–water partition coefficient (Wildman–Crippen LogP) is 3.41. The molecule has 2 rings (SSSR count). The van der Waals surface area contributed by atoms with Gasteiger partial charge in [0.15, 0.2) is 0 Å². The number of hydrogen-bond acceptors (Lipinski definition) is 2. The molecule has 0 amide bonds. The van der Waals surface area contributed by atoms with Crippen molar-refractivity contribution in [1.29, 1.82) is 0 Å². The SMILES string of the molecule is CCNCC(CCc1ccccn1)c1ccccc1. The van der Waals surface area contributed by atoms with Crippen LogP contribution in [0.4, 0.5) is 0 Å². The number of aryl methyl sites for hydroxylation is 1. The van der Waals surface area contributed by atoms with Crippen molar-refractivity contribution in [3.63, 3.8) is 0 Å². The first-order valence-corrected chi connectivity index (χ1v) is 7.05. The summed E-state index contributed by atoms with van der Waals surface area (Å²) in [7, 11) is 0. The first kappa shape index (κ1) is 13.8. The second-order valence-electron chi connectivity index (χ2n) is 4.78. The van der Waals surface area contributed by atoms with Crippen molar-refractivity contribution >= 4 is 0 Å². The zero-order valence-corrected chi connectivity index (χ0v) is 11.5. The van der Waals surface area contributed by atoms with Crippen LogP contribution in [-0.2, 0) is 6.42 Å². The minimum atomic E-state index is 0.558. The fourth-order valence-corrected chi connectivity index (χ4v) is 2.30. The molecule has 19 heavy (non-hydrogen) atoms. The van der Waals surface area contributed by atoms with E-state index < -0.39 is 0 Å². The Kier molecular flexibility index (Phi) is 5.57. The molecule has 0 saturated heterocycles. The fraction of sp³-hybridized carbons (Fsp3) is 0.353. The molecule has 0 aliphatic heterocycles. The van der Waals surface area contributed by atoms with Crippen LogP contribution in [0, 0.1) is 0 Å². The molecule has 1 atom stereocenters. The third-order valence-electron chi connectivity index (χ3n) is 3.39. The largest absolute Gasteiger partial charge is 0.316 e. The summed E-state index contributed by atoms with van der Waals surface area (Å²) < 4.78 is 0. The van der Waals surface area contributed by atoms with Crippen LogP contribution in [0.25, 0.3) is 0 Å². The van der Waals surface area contributed by atoms with Gasteiger partial charge in [0, 0.05) is 18.4 Å². The predicted molar refractivity (Wildman–Crippen MR) is 80.3 cm³/mol. The molecule has 0 saturated carbocycles. The normalized spacial score (nSPS) is 12.3. The Morgan fingerprint density at radius 3 is 2.53 bits per heavy atom. The van der Waals surface area contributed by atoms with Crippen LogP contribution in [-0.4, -0.2) is 18.1 Å². The van der Waals surface area contributed by atoms with E-state index in [2.05, 4.69) is 59.7 Å². The van der Waals surface area contributed by atoms with Crippen molar-refractivity contribution in [2.24, 2.45) is 0 Å². The first-order valence-electron chi connectivity index (χ1n) is 7.05. The van der Waals surface area contributed by atoms with E-state index >= 15 is 0 Å². The number of likely N-dealkylation sites (N-methyl/N-ethyl adjacent to an activating group) is 1. The Hall–Kier alpha value is -1.67. The van der Waals surface area contributed by atoms with E-state index in [9.17, 15) is 0 Å².